The van der Waals surface area contributed by atoms with Crippen molar-refractivity contribution in [1.29, 1.82) is 0 Å². The Morgan fingerprint density at radius 1 is 1.17 bits per heavy atom. The molecule has 0 aliphatic carbocycles. The Labute approximate surface area is 142 Å². The van der Waals surface area contributed by atoms with Crippen LogP contribution in [0.2, 0.25) is 0 Å². The van der Waals surface area contributed by atoms with Crippen molar-refractivity contribution in [3.8, 4) is 0 Å². The Morgan fingerprint density at radius 3 is 2.62 bits per heavy atom. The van der Waals surface area contributed by atoms with E-state index in [0.717, 1.165) is 49.1 Å². The van der Waals surface area contributed by atoms with Crippen molar-refractivity contribution in [3.05, 3.63) is 41.6 Å². The fourth-order valence-corrected chi connectivity index (χ4v) is 2.87. The second-order valence-electron chi connectivity index (χ2n) is 5.96. The van der Waals surface area contributed by atoms with Gasteiger partial charge in [-0.05, 0) is 25.0 Å². The van der Waals surface area contributed by atoms with Gasteiger partial charge in [-0.1, -0.05) is 25.1 Å². The average Bonchev–Trinajstić information content (AvgIpc) is 2.62. The molecule has 0 atom stereocenters. The number of carbonyl (C=O) groups is 1. The zero-order chi connectivity index (χ0) is 16.9. The molecule has 0 radical (unpaired) electrons. The van der Waals surface area contributed by atoms with Crippen LogP contribution in [0.1, 0.15) is 18.2 Å². The highest BCUT2D eigenvalue weighted by atomic mass is 16.1. The summed E-state index contributed by atoms with van der Waals surface area (Å²) in [5, 5.41) is 3.42. The first kappa shape index (κ1) is 16.2. The first-order chi connectivity index (χ1) is 11.7. The number of nitrogens with zero attached hydrogens (tertiary/aromatic N) is 4. The SMILES string of the molecule is CCc1ccccc1Nc1cc(C)nc(N2CCN(C=O)CC2)n1. The van der Waals surface area contributed by atoms with Gasteiger partial charge in [-0.15, -0.1) is 0 Å². The van der Waals surface area contributed by atoms with Crippen LogP contribution in [0.25, 0.3) is 0 Å². The lowest BCUT2D eigenvalue weighted by molar-refractivity contribution is -0.118. The summed E-state index contributed by atoms with van der Waals surface area (Å²) in [5.41, 5.74) is 3.26. The molecule has 1 saturated heterocycles. The number of piperazine rings is 1. The van der Waals surface area contributed by atoms with Gasteiger partial charge in [0.2, 0.25) is 12.4 Å². The van der Waals surface area contributed by atoms with E-state index in [1.54, 1.807) is 4.90 Å². The second kappa shape index (κ2) is 7.29. The van der Waals surface area contributed by atoms with Gasteiger partial charge in [-0.3, -0.25) is 4.79 Å². The van der Waals surface area contributed by atoms with Crippen molar-refractivity contribution < 1.29 is 4.79 Å². The Hall–Kier alpha value is -2.63. The molecule has 6 nitrogen and oxygen atoms in total. The molecular weight excluding hydrogens is 302 g/mol. The molecule has 1 aromatic carbocycles. The molecule has 1 amide bonds. The van der Waals surface area contributed by atoms with Gasteiger partial charge in [-0.25, -0.2) is 4.98 Å². The predicted octanol–water partition coefficient (Wildman–Crippen LogP) is 2.37. The number of amides is 1. The summed E-state index contributed by atoms with van der Waals surface area (Å²) in [6.45, 7) is 7.05. The quantitative estimate of drug-likeness (QED) is 0.855. The molecule has 0 saturated carbocycles. The zero-order valence-corrected chi connectivity index (χ0v) is 14.2. The van der Waals surface area contributed by atoms with Crippen LogP contribution < -0.4 is 10.2 Å². The van der Waals surface area contributed by atoms with Crippen molar-refractivity contribution >= 4 is 23.9 Å². The highest BCUT2D eigenvalue weighted by Crippen LogP contribution is 2.22. The third kappa shape index (κ3) is 3.64. The first-order valence-corrected chi connectivity index (χ1v) is 8.34. The number of hydrogen-bond donors (Lipinski definition) is 1. The maximum absolute atomic E-state index is 10.8. The van der Waals surface area contributed by atoms with E-state index in [1.807, 2.05) is 25.1 Å². The molecule has 0 spiro atoms. The van der Waals surface area contributed by atoms with Crippen molar-refractivity contribution in [3.63, 3.8) is 0 Å². The number of aryl methyl sites for hydroxylation is 2. The van der Waals surface area contributed by atoms with E-state index in [-0.39, 0.29) is 0 Å². The van der Waals surface area contributed by atoms with Crippen LogP contribution in [0.3, 0.4) is 0 Å². The maximum atomic E-state index is 10.8. The summed E-state index contributed by atoms with van der Waals surface area (Å²) in [5.74, 6) is 1.52. The van der Waals surface area contributed by atoms with Crippen LogP contribution in [-0.2, 0) is 11.2 Å². The van der Waals surface area contributed by atoms with Gasteiger partial charge in [0.05, 0.1) is 0 Å². The lowest BCUT2D eigenvalue weighted by Gasteiger charge is -2.32. The molecule has 0 bridgehead atoms. The van der Waals surface area contributed by atoms with Gasteiger partial charge >= 0.3 is 0 Å². The smallest absolute Gasteiger partial charge is 0.227 e. The van der Waals surface area contributed by atoms with Crippen LogP contribution in [0.4, 0.5) is 17.5 Å². The molecule has 1 fully saturated rings. The van der Waals surface area contributed by atoms with Crippen LogP contribution in [0, 0.1) is 6.92 Å². The van der Waals surface area contributed by atoms with E-state index >= 15 is 0 Å². The summed E-state index contributed by atoms with van der Waals surface area (Å²) >= 11 is 0. The van der Waals surface area contributed by atoms with Crippen molar-refractivity contribution in [1.82, 2.24) is 14.9 Å². The molecule has 2 aromatic rings. The number of anilines is 3. The molecule has 1 aliphatic rings. The molecule has 1 N–H and O–H groups in total. The van der Waals surface area contributed by atoms with Gasteiger partial charge in [0.1, 0.15) is 5.82 Å². The molecular formula is C18H23N5O. The number of nitrogens with one attached hydrogen (secondary N) is 1. The van der Waals surface area contributed by atoms with Gasteiger partial charge in [0.15, 0.2) is 0 Å². The number of rotatable bonds is 5. The molecule has 3 rings (SSSR count). The Morgan fingerprint density at radius 2 is 1.92 bits per heavy atom. The average molecular weight is 325 g/mol. The van der Waals surface area contributed by atoms with Gasteiger partial charge < -0.3 is 15.1 Å². The minimum atomic E-state index is 0.711. The van der Waals surface area contributed by atoms with E-state index < -0.39 is 0 Å². The molecule has 2 heterocycles. The standard InChI is InChI=1S/C18H23N5O/c1-3-15-6-4-5-7-16(15)20-17-12-14(2)19-18(21-17)23-10-8-22(13-24)9-11-23/h4-7,12-13H,3,8-11H2,1-2H3,(H,19,20,21). The summed E-state index contributed by atoms with van der Waals surface area (Å²) in [4.78, 5) is 24.0. The third-order valence-corrected chi connectivity index (χ3v) is 4.25. The number of benzene rings is 1. The largest absolute Gasteiger partial charge is 0.342 e. The fraction of sp³-hybridized carbons (Fsp3) is 0.389. The van der Waals surface area contributed by atoms with Gasteiger partial charge in [0.25, 0.3) is 0 Å². The van der Waals surface area contributed by atoms with Crippen molar-refractivity contribution in [2.45, 2.75) is 20.3 Å². The van der Waals surface area contributed by atoms with E-state index in [2.05, 4.69) is 39.2 Å². The summed E-state index contributed by atoms with van der Waals surface area (Å²) < 4.78 is 0. The summed E-state index contributed by atoms with van der Waals surface area (Å²) in [7, 11) is 0. The highest BCUT2D eigenvalue weighted by molar-refractivity contribution is 5.61. The molecule has 24 heavy (non-hydrogen) atoms. The minimum Gasteiger partial charge on any atom is -0.342 e. The first-order valence-electron chi connectivity index (χ1n) is 8.34. The van der Waals surface area contributed by atoms with Crippen LogP contribution in [-0.4, -0.2) is 47.5 Å². The maximum Gasteiger partial charge on any atom is 0.227 e. The zero-order valence-electron chi connectivity index (χ0n) is 14.2. The molecule has 1 aliphatic heterocycles. The summed E-state index contributed by atoms with van der Waals surface area (Å²) in [6.07, 6.45) is 1.87. The predicted molar refractivity (Wildman–Crippen MR) is 95.7 cm³/mol. The second-order valence-corrected chi connectivity index (χ2v) is 5.96. The molecule has 1 aromatic heterocycles. The van der Waals surface area contributed by atoms with E-state index in [9.17, 15) is 4.79 Å². The van der Waals surface area contributed by atoms with E-state index in [1.165, 1.54) is 5.56 Å². The lowest BCUT2D eigenvalue weighted by atomic mass is 10.1. The number of carbonyl (C=O) groups excluding carboxylic acids is 1. The van der Waals surface area contributed by atoms with Crippen LogP contribution in [0.5, 0.6) is 0 Å². The normalized spacial score (nSPS) is 14.6. The molecule has 6 heteroatoms. The summed E-state index contributed by atoms with van der Waals surface area (Å²) in [6, 6.07) is 10.2. The van der Waals surface area contributed by atoms with Crippen LogP contribution >= 0.6 is 0 Å². The molecule has 0 unspecified atom stereocenters. The topological polar surface area (TPSA) is 61.4 Å². The Balaban J connectivity index is 1.80. The molecule has 126 valence electrons. The highest BCUT2D eigenvalue weighted by Gasteiger charge is 2.18. The lowest BCUT2D eigenvalue weighted by Crippen LogP contribution is -2.46. The number of aromatic nitrogens is 2. The van der Waals surface area contributed by atoms with Gasteiger partial charge in [-0.2, -0.15) is 4.98 Å². The Kier molecular flexibility index (Phi) is 4.93. The van der Waals surface area contributed by atoms with Gasteiger partial charge in [0, 0.05) is 43.6 Å². The fourth-order valence-electron chi connectivity index (χ4n) is 2.87. The van der Waals surface area contributed by atoms with E-state index in [4.69, 9.17) is 0 Å². The van der Waals surface area contributed by atoms with Crippen LogP contribution in [0.15, 0.2) is 30.3 Å². The van der Waals surface area contributed by atoms with Crippen molar-refractivity contribution in [2.24, 2.45) is 0 Å². The number of para-hydroxylation sites is 1. The minimum absolute atomic E-state index is 0.711. The van der Waals surface area contributed by atoms with Crippen molar-refractivity contribution in [2.75, 3.05) is 36.4 Å². The third-order valence-electron chi connectivity index (χ3n) is 4.25. The monoisotopic (exact) mass is 325 g/mol. The Bertz CT molecular complexity index is 710. The number of hydrogen-bond acceptors (Lipinski definition) is 5. The van der Waals surface area contributed by atoms with E-state index in [0.29, 0.717) is 13.1 Å².